The van der Waals surface area contributed by atoms with E-state index in [1.807, 2.05) is 24.1 Å². The summed E-state index contributed by atoms with van der Waals surface area (Å²) in [6.45, 7) is 3.53. The molecule has 0 saturated carbocycles. The molecular formula is C15H21BrN4. The van der Waals surface area contributed by atoms with Crippen LogP contribution in [0.5, 0.6) is 0 Å². The van der Waals surface area contributed by atoms with Gasteiger partial charge in [-0.2, -0.15) is 5.10 Å². The van der Waals surface area contributed by atoms with Crippen LogP contribution < -0.4 is 5.73 Å². The fourth-order valence-electron chi connectivity index (χ4n) is 2.40. The summed E-state index contributed by atoms with van der Waals surface area (Å²) in [6, 6.07) is 6.63. The molecule has 1 unspecified atom stereocenters. The van der Waals surface area contributed by atoms with E-state index in [0.717, 1.165) is 11.0 Å². The molecule has 0 fully saturated rings. The summed E-state index contributed by atoms with van der Waals surface area (Å²) in [4.78, 5) is 2.26. The zero-order chi connectivity index (χ0) is 14.7. The van der Waals surface area contributed by atoms with Crippen LogP contribution in [0.2, 0.25) is 0 Å². The van der Waals surface area contributed by atoms with Crippen molar-refractivity contribution in [3.8, 4) is 0 Å². The van der Waals surface area contributed by atoms with Crippen LogP contribution in [0.4, 0.5) is 0 Å². The first-order valence-electron chi connectivity index (χ1n) is 6.65. The average molecular weight is 337 g/mol. The summed E-state index contributed by atoms with van der Waals surface area (Å²) < 4.78 is 2.96. The molecule has 4 nitrogen and oxygen atoms in total. The molecule has 0 bridgehead atoms. The Morgan fingerprint density at radius 3 is 2.75 bits per heavy atom. The predicted molar refractivity (Wildman–Crippen MR) is 85.3 cm³/mol. The lowest BCUT2D eigenvalue weighted by Gasteiger charge is -2.27. The van der Waals surface area contributed by atoms with E-state index in [1.54, 1.807) is 0 Å². The number of rotatable bonds is 5. The van der Waals surface area contributed by atoms with Crippen LogP contribution in [0.1, 0.15) is 22.7 Å². The van der Waals surface area contributed by atoms with E-state index >= 15 is 0 Å². The summed E-state index contributed by atoms with van der Waals surface area (Å²) in [7, 11) is 4.03. The SMILES string of the molecule is Cc1cc(C(CN)N(C)Cc2cnn(C)c2)ccc1Br. The summed E-state index contributed by atoms with van der Waals surface area (Å²) in [5, 5.41) is 4.21. The Hall–Kier alpha value is -1.17. The second kappa shape index (κ2) is 6.52. The van der Waals surface area contributed by atoms with Crippen LogP contribution in [0.25, 0.3) is 0 Å². The predicted octanol–water partition coefficient (Wildman–Crippen LogP) is 2.62. The van der Waals surface area contributed by atoms with Crippen molar-refractivity contribution in [3.63, 3.8) is 0 Å². The number of likely N-dealkylation sites (N-methyl/N-ethyl adjacent to an activating group) is 1. The fourth-order valence-corrected chi connectivity index (χ4v) is 2.64. The molecule has 0 radical (unpaired) electrons. The number of aromatic nitrogens is 2. The van der Waals surface area contributed by atoms with Crippen molar-refractivity contribution >= 4 is 15.9 Å². The summed E-state index contributed by atoms with van der Waals surface area (Å²) >= 11 is 3.54. The van der Waals surface area contributed by atoms with Crippen molar-refractivity contribution in [3.05, 3.63) is 51.8 Å². The lowest BCUT2D eigenvalue weighted by Crippen LogP contribution is -2.30. The zero-order valence-corrected chi connectivity index (χ0v) is 13.8. The first-order valence-corrected chi connectivity index (χ1v) is 7.44. The van der Waals surface area contributed by atoms with Gasteiger partial charge in [-0.25, -0.2) is 0 Å². The van der Waals surface area contributed by atoms with E-state index < -0.39 is 0 Å². The molecular weight excluding hydrogens is 316 g/mol. The molecule has 1 aromatic heterocycles. The fraction of sp³-hybridized carbons (Fsp3) is 0.400. The molecule has 5 heteroatoms. The average Bonchev–Trinajstić information content (AvgIpc) is 2.80. The van der Waals surface area contributed by atoms with Crippen molar-refractivity contribution in [1.29, 1.82) is 0 Å². The van der Waals surface area contributed by atoms with Crippen molar-refractivity contribution in [2.75, 3.05) is 13.6 Å². The van der Waals surface area contributed by atoms with Crippen LogP contribution in [0, 0.1) is 6.92 Å². The molecule has 2 rings (SSSR count). The second-order valence-corrected chi connectivity index (χ2v) is 6.05. The van der Waals surface area contributed by atoms with E-state index in [1.165, 1.54) is 16.7 Å². The quantitative estimate of drug-likeness (QED) is 0.912. The van der Waals surface area contributed by atoms with Crippen molar-refractivity contribution < 1.29 is 0 Å². The third-order valence-corrected chi connectivity index (χ3v) is 4.40. The number of benzene rings is 1. The van der Waals surface area contributed by atoms with Gasteiger partial charge in [0.2, 0.25) is 0 Å². The molecule has 0 saturated heterocycles. The summed E-state index contributed by atoms with van der Waals surface area (Å²) in [5.41, 5.74) is 9.66. The first kappa shape index (κ1) is 15.2. The monoisotopic (exact) mass is 336 g/mol. The first-order chi connectivity index (χ1) is 9.51. The zero-order valence-electron chi connectivity index (χ0n) is 12.2. The molecule has 1 atom stereocenters. The Balaban J connectivity index is 2.16. The summed E-state index contributed by atoms with van der Waals surface area (Å²) in [5.74, 6) is 0. The molecule has 0 aliphatic rings. The van der Waals surface area contributed by atoms with Gasteiger partial charge in [0.25, 0.3) is 0 Å². The Bertz CT molecular complexity index is 579. The number of hydrogen-bond acceptors (Lipinski definition) is 3. The van der Waals surface area contributed by atoms with Gasteiger partial charge < -0.3 is 5.73 Å². The van der Waals surface area contributed by atoms with Crippen LogP contribution >= 0.6 is 15.9 Å². The maximum Gasteiger partial charge on any atom is 0.0534 e. The van der Waals surface area contributed by atoms with Gasteiger partial charge >= 0.3 is 0 Å². The largest absolute Gasteiger partial charge is 0.329 e. The highest BCUT2D eigenvalue weighted by Gasteiger charge is 2.16. The normalized spacial score (nSPS) is 12.9. The third kappa shape index (κ3) is 3.48. The van der Waals surface area contributed by atoms with E-state index in [2.05, 4.69) is 58.1 Å². The third-order valence-electron chi connectivity index (χ3n) is 3.51. The second-order valence-electron chi connectivity index (χ2n) is 5.20. The molecule has 108 valence electrons. The van der Waals surface area contributed by atoms with E-state index in [4.69, 9.17) is 5.73 Å². The molecule has 0 aliphatic carbocycles. The minimum absolute atomic E-state index is 0.210. The molecule has 0 amide bonds. The topological polar surface area (TPSA) is 47.1 Å². The van der Waals surface area contributed by atoms with Crippen LogP contribution in [0.15, 0.2) is 35.1 Å². The summed E-state index contributed by atoms with van der Waals surface area (Å²) in [6.07, 6.45) is 3.94. The number of halogens is 1. The van der Waals surface area contributed by atoms with Gasteiger partial charge in [-0.15, -0.1) is 0 Å². The lowest BCUT2D eigenvalue weighted by molar-refractivity contribution is 0.241. The Labute approximate surface area is 128 Å². The van der Waals surface area contributed by atoms with Crippen molar-refractivity contribution in [2.24, 2.45) is 12.8 Å². The lowest BCUT2D eigenvalue weighted by atomic mass is 10.0. The van der Waals surface area contributed by atoms with Crippen molar-refractivity contribution in [2.45, 2.75) is 19.5 Å². The molecule has 0 spiro atoms. The highest BCUT2D eigenvalue weighted by atomic mass is 79.9. The molecule has 0 aliphatic heterocycles. The molecule has 1 heterocycles. The van der Waals surface area contributed by atoms with E-state index in [0.29, 0.717) is 6.54 Å². The van der Waals surface area contributed by atoms with E-state index in [9.17, 15) is 0 Å². The number of nitrogens with zero attached hydrogens (tertiary/aromatic N) is 3. The minimum atomic E-state index is 0.210. The van der Waals surface area contributed by atoms with Crippen LogP contribution in [0.3, 0.4) is 0 Å². The van der Waals surface area contributed by atoms with Crippen LogP contribution in [-0.4, -0.2) is 28.3 Å². The highest BCUT2D eigenvalue weighted by Crippen LogP contribution is 2.25. The van der Waals surface area contributed by atoms with Gasteiger partial charge in [-0.3, -0.25) is 9.58 Å². The molecule has 1 aromatic carbocycles. The van der Waals surface area contributed by atoms with Gasteiger partial charge in [-0.05, 0) is 31.2 Å². The number of aryl methyl sites for hydroxylation is 2. The maximum atomic E-state index is 5.98. The van der Waals surface area contributed by atoms with E-state index in [-0.39, 0.29) is 6.04 Å². The Morgan fingerprint density at radius 1 is 1.45 bits per heavy atom. The Kier molecular flexibility index (Phi) is 4.96. The van der Waals surface area contributed by atoms with Gasteiger partial charge in [0.05, 0.1) is 6.20 Å². The van der Waals surface area contributed by atoms with Gasteiger partial charge in [-0.1, -0.05) is 28.1 Å². The van der Waals surface area contributed by atoms with Gasteiger partial charge in [0, 0.05) is 42.4 Å². The number of hydrogen-bond donors (Lipinski definition) is 1. The smallest absolute Gasteiger partial charge is 0.0534 e. The standard InChI is InChI=1S/C15H21BrN4/c1-11-6-13(4-5-14(11)16)15(7-17)19(2)9-12-8-18-20(3)10-12/h4-6,8,10,15H,7,9,17H2,1-3H3. The highest BCUT2D eigenvalue weighted by molar-refractivity contribution is 9.10. The Morgan fingerprint density at radius 2 is 2.20 bits per heavy atom. The van der Waals surface area contributed by atoms with Gasteiger partial charge in [0.1, 0.15) is 0 Å². The van der Waals surface area contributed by atoms with Crippen LogP contribution in [-0.2, 0) is 13.6 Å². The maximum absolute atomic E-state index is 5.98. The molecule has 20 heavy (non-hydrogen) atoms. The number of nitrogens with two attached hydrogens (primary N) is 1. The molecule has 2 N–H and O–H groups in total. The van der Waals surface area contributed by atoms with Gasteiger partial charge in [0.15, 0.2) is 0 Å². The minimum Gasteiger partial charge on any atom is -0.329 e. The molecule has 2 aromatic rings. The van der Waals surface area contributed by atoms with Crippen molar-refractivity contribution in [1.82, 2.24) is 14.7 Å².